The van der Waals surface area contributed by atoms with Crippen molar-refractivity contribution >= 4 is 22.7 Å². The first-order valence-electron chi connectivity index (χ1n) is 8.76. The molecule has 7 nitrogen and oxygen atoms in total. The number of rotatable bonds is 3. The van der Waals surface area contributed by atoms with Gasteiger partial charge >= 0.3 is 0 Å². The number of amides is 1. The van der Waals surface area contributed by atoms with Gasteiger partial charge in [0.1, 0.15) is 10.9 Å². The van der Waals surface area contributed by atoms with Crippen LogP contribution in [-0.2, 0) is 4.79 Å². The molecule has 1 saturated heterocycles. The third-order valence-corrected chi connectivity index (χ3v) is 5.44. The molecule has 0 unspecified atom stereocenters. The molecule has 0 aromatic carbocycles. The predicted molar refractivity (Wildman–Crippen MR) is 93.6 cm³/mol. The maximum Gasteiger partial charge on any atom is 0.247 e. The monoisotopic (exact) mass is 347 g/mol. The number of carbonyl (C=O) groups is 1. The van der Waals surface area contributed by atoms with E-state index in [0.717, 1.165) is 18.4 Å². The minimum Gasteiger partial charge on any atom is -0.434 e. The van der Waals surface area contributed by atoms with Crippen molar-refractivity contribution in [1.82, 2.24) is 14.8 Å². The number of anilines is 1. The highest BCUT2D eigenvalue weighted by Crippen LogP contribution is 2.52. The summed E-state index contributed by atoms with van der Waals surface area (Å²) in [6.45, 7) is 2.48. The maximum absolute atomic E-state index is 13.1. The number of nitrogens with zero attached hydrogens (tertiary/aromatic N) is 5. The second-order valence-corrected chi connectivity index (χ2v) is 7.16. The van der Waals surface area contributed by atoms with Gasteiger partial charge in [-0.1, -0.05) is 0 Å². The largest absolute Gasteiger partial charge is 0.434 e. The zero-order valence-electron chi connectivity index (χ0n) is 14.3. The topological polar surface area (TPSA) is 88.0 Å². The molecule has 26 heavy (non-hydrogen) atoms. The number of hydrogen-bond donors (Lipinski definition) is 0. The van der Waals surface area contributed by atoms with E-state index in [1.54, 1.807) is 28.0 Å². The van der Waals surface area contributed by atoms with Crippen molar-refractivity contribution in [3.63, 3.8) is 0 Å². The fourth-order valence-corrected chi connectivity index (χ4v) is 3.89. The number of nitriles is 1. The molecule has 0 radical (unpaired) electrons. The first-order chi connectivity index (χ1) is 12.6. The Morgan fingerprint density at radius 1 is 1.42 bits per heavy atom. The van der Waals surface area contributed by atoms with E-state index in [4.69, 9.17) is 4.42 Å². The van der Waals surface area contributed by atoms with Crippen molar-refractivity contribution in [3.05, 3.63) is 36.3 Å². The Hall–Kier alpha value is -3.14. The quantitative estimate of drug-likeness (QED) is 0.727. The first kappa shape index (κ1) is 15.1. The Morgan fingerprint density at radius 2 is 2.27 bits per heavy atom. The van der Waals surface area contributed by atoms with E-state index in [-0.39, 0.29) is 11.8 Å². The first-order valence-corrected chi connectivity index (χ1v) is 8.76. The molecular weight excluding hydrogens is 330 g/mol. The van der Waals surface area contributed by atoms with E-state index in [1.807, 2.05) is 19.2 Å². The van der Waals surface area contributed by atoms with E-state index in [1.165, 1.54) is 0 Å². The Balaban J connectivity index is 1.58. The van der Waals surface area contributed by atoms with Crippen LogP contribution in [0.15, 0.2) is 35.1 Å². The standard InChI is InChI=1S/C19H17N5O2/c1-12-9-22-24(10-12)16-8-14-17(26-16)15(4-6-21-14)23-7-5-19(11-20,18(23)25)13-2-3-13/h4,6,8-10,13H,2-3,5,7H2,1H3/t19-/m1/s1. The van der Waals surface area contributed by atoms with E-state index in [0.29, 0.717) is 35.6 Å². The highest BCUT2D eigenvalue weighted by atomic mass is 16.4. The minimum atomic E-state index is -0.871. The van der Waals surface area contributed by atoms with Gasteiger partial charge in [0.2, 0.25) is 11.8 Å². The van der Waals surface area contributed by atoms with E-state index in [9.17, 15) is 10.1 Å². The van der Waals surface area contributed by atoms with Crippen molar-refractivity contribution in [2.45, 2.75) is 26.2 Å². The van der Waals surface area contributed by atoms with Crippen LogP contribution in [0.25, 0.3) is 17.0 Å². The van der Waals surface area contributed by atoms with Gasteiger partial charge in [0.25, 0.3) is 0 Å². The third-order valence-electron chi connectivity index (χ3n) is 5.44. The minimum absolute atomic E-state index is 0.108. The molecule has 7 heteroatoms. The van der Waals surface area contributed by atoms with Crippen molar-refractivity contribution in [2.75, 3.05) is 11.4 Å². The van der Waals surface area contributed by atoms with Crippen LogP contribution in [0.3, 0.4) is 0 Å². The molecule has 4 heterocycles. The number of carbonyl (C=O) groups excluding carboxylic acids is 1. The van der Waals surface area contributed by atoms with E-state index in [2.05, 4.69) is 16.2 Å². The summed E-state index contributed by atoms with van der Waals surface area (Å²) in [4.78, 5) is 19.1. The Morgan fingerprint density at radius 3 is 2.96 bits per heavy atom. The fourth-order valence-electron chi connectivity index (χ4n) is 3.89. The number of aromatic nitrogens is 3. The average molecular weight is 347 g/mol. The Kier molecular flexibility index (Phi) is 3.02. The van der Waals surface area contributed by atoms with Crippen molar-refractivity contribution in [1.29, 1.82) is 5.26 Å². The van der Waals surface area contributed by atoms with Gasteiger partial charge in [0.15, 0.2) is 5.58 Å². The smallest absolute Gasteiger partial charge is 0.247 e. The summed E-state index contributed by atoms with van der Waals surface area (Å²) in [7, 11) is 0. The highest BCUT2D eigenvalue weighted by Gasteiger charge is 2.57. The molecule has 1 aliphatic heterocycles. The van der Waals surface area contributed by atoms with Gasteiger partial charge < -0.3 is 9.32 Å². The molecule has 0 spiro atoms. The number of aryl methyl sites for hydroxylation is 1. The van der Waals surface area contributed by atoms with Crippen molar-refractivity contribution in [2.24, 2.45) is 11.3 Å². The third kappa shape index (κ3) is 2.02. The van der Waals surface area contributed by atoms with Crippen LogP contribution in [0.2, 0.25) is 0 Å². The summed E-state index contributed by atoms with van der Waals surface area (Å²) < 4.78 is 7.65. The molecule has 1 amide bonds. The lowest BCUT2D eigenvalue weighted by atomic mass is 9.83. The van der Waals surface area contributed by atoms with Crippen molar-refractivity contribution < 1.29 is 9.21 Å². The lowest BCUT2D eigenvalue weighted by Crippen LogP contribution is -2.35. The SMILES string of the molecule is Cc1cnn(-c2cc3nccc(N4CC[C@@](C#N)(C5CC5)C4=O)c3o2)c1. The van der Waals surface area contributed by atoms with Crippen molar-refractivity contribution in [3.8, 4) is 12.0 Å². The van der Waals surface area contributed by atoms with Crippen LogP contribution in [0, 0.1) is 29.6 Å². The highest BCUT2D eigenvalue weighted by molar-refractivity contribution is 6.06. The van der Waals surface area contributed by atoms with Gasteiger partial charge in [0, 0.05) is 25.0 Å². The summed E-state index contributed by atoms with van der Waals surface area (Å²) in [5.74, 6) is 0.637. The Bertz CT molecular complexity index is 1070. The van der Waals surface area contributed by atoms with Gasteiger partial charge in [-0.3, -0.25) is 9.78 Å². The molecule has 1 saturated carbocycles. The zero-order chi connectivity index (χ0) is 17.9. The van der Waals surface area contributed by atoms with Gasteiger partial charge in [-0.2, -0.15) is 10.4 Å². The summed E-state index contributed by atoms with van der Waals surface area (Å²) in [6, 6.07) is 5.91. The van der Waals surface area contributed by atoms with Crippen LogP contribution in [0.5, 0.6) is 0 Å². The van der Waals surface area contributed by atoms with Gasteiger partial charge in [-0.15, -0.1) is 0 Å². The normalized spacial score (nSPS) is 22.9. The summed E-state index contributed by atoms with van der Waals surface area (Å²) in [5, 5.41) is 13.9. The molecule has 2 fully saturated rings. The molecule has 0 bridgehead atoms. The molecule has 1 atom stereocenters. The molecule has 5 rings (SSSR count). The van der Waals surface area contributed by atoms with Crippen LogP contribution in [0.1, 0.15) is 24.8 Å². The molecule has 2 aliphatic rings. The van der Waals surface area contributed by atoms with E-state index < -0.39 is 5.41 Å². The Labute approximate surface area is 149 Å². The summed E-state index contributed by atoms with van der Waals surface area (Å²) in [5.41, 5.74) is 2.04. The molecule has 1 aliphatic carbocycles. The van der Waals surface area contributed by atoms with E-state index >= 15 is 0 Å². The molecular formula is C19H17N5O2. The molecule has 0 N–H and O–H groups in total. The average Bonchev–Trinajstić information content (AvgIpc) is 3.12. The number of furan rings is 1. The summed E-state index contributed by atoms with van der Waals surface area (Å²) in [6.07, 6.45) is 7.78. The van der Waals surface area contributed by atoms with Gasteiger partial charge in [-0.25, -0.2) is 4.68 Å². The van der Waals surface area contributed by atoms with Gasteiger partial charge in [-0.05, 0) is 43.7 Å². The predicted octanol–water partition coefficient (Wildman–Crippen LogP) is 2.98. The van der Waals surface area contributed by atoms with Crippen LogP contribution < -0.4 is 4.90 Å². The fraction of sp³-hybridized carbons (Fsp3) is 0.368. The summed E-state index contributed by atoms with van der Waals surface area (Å²) >= 11 is 0. The number of fused-ring (bicyclic) bond motifs is 1. The lowest BCUT2D eigenvalue weighted by Gasteiger charge is -2.20. The number of pyridine rings is 1. The second kappa shape index (κ2) is 5.18. The lowest BCUT2D eigenvalue weighted by molar-refractivity contribution is -0.123. The van der Waals surface area contributed by atoms with Crippen LogP contribution in [-0.4, -0.2) is 27.2 Å². The number of hydrogen-bond acceptors (Lipinski definition) is 5. The maximum atomic E-state index is 13.1. The van der Waals surface area contributed by atoms with Crippen LogP contribution in [0.4, 0.5) is 5.69 Å². The molecule has 3 aromatic rings. The van der Waals surface area contributed by atoms with Gasteiger partial charge in [0.05, 0.1) is 18.0 Å². The molecule has 130 valence electrons. The van der Waals surface area contributed by atoms with Crippen LogP contribution >= 0.6 is 0 Å². The second-order valence-electron chi connectivity index (χ2n) is 7.16. The molecule has 3 aromatic heterocycles. The zero-order valence-corrected chi connectivity index (χ0v) is 14.3.